The summed E-state index contributed by atoms with van der Waals surface area (Å²) in [6.07, 6.45) is 2.80. The number of hydrogen-bond donors (Lipinski definition) is 1. The van der Waals surface area contributed by atoms with Crippen LogP contribution in [0.25, 0.3) is 0 Å². The van der Waals surface area contributed by atoms with Gasteiger partial charge in [0, 0.05) is 19.0 Å². The molecule has 2 atom stereocenters. The molecule has 3 aromatic carbocycles. The quantitative estimate of drug-likeness (QED) is 0.260. The lowest BCUT2D eigenvalue weighted by Gasteiger charge is -2.34. The molecule has 0 aliphatic carbocycles. The SMILES string of the molecule is CCc1ccc(N(CC(=O)N(Cc2ccc(Cl)c(Cl)c2)[C@@H](Cc2ccccc2)C(=O)N[C@H](C)CC)S(C)(=O)=O)cc1. The number of amides is 2. The first-order valence-corrected chi connectivity index (χ1v) is 16.2. The molecule has 2 amide bonds. The van der Waals surface area contributed by atoms with E-state index in [1.807, 2.05) is 63.2 Å². The predicted octanol–water partition coefficient (Wildman–Crippen LogP) is 5.88. The number of benzene rings is 3. The van der Waals surface area contributed by atoms with Crippen LogP contribution in [0.5, 0.6) is 0 Å². The van der Waals surface area contributed by atoms with E-state index in [2.05, 4.69) is 5.32 Å². The smallest absolute Gasteiger partial charge is 0.244 e. The van der Waals surface area contributed by atoms with Crippen molar-refractivity contribution in [3.63, 3.8) is 0 Å². The van der Waals surface area contributed by atoms with Gasteiger partial charge in [-0.15, -0.1) is 0 Å². The Hall–Kier alpha value is -3.07. The van der Waals surface area contributed by atoms with E-state index < -0.39 is 28.5 Å². The van der Waals surface area contributed by atoms with Crippen molar-refractivity contribution in [2.45, 2.75) is 58.7 Å². The summed E-state index contributed by atoms with van der Waals surface area (Å²) < 4.78 is 26.9. The summed E-state index contributed by atoms with van der Waals surface area (Å²) in [5.41, 5.74) is 2.93. The average molecular weight is 619 g/mol. The normalized spacial score (nSPS) is 12.8. The molecule has 7 nitrogen and oxygen atoms in total. The van der Waals surface area contributed by atoms with Crippen LogP contribution in [0.1, 0.15) is 43.9 Å². The standard InChI is InChI=1S/C31H37Cl2N3O4S/c1-5-22(3)34-31(38)29(19-24-10-8-7-9-11-24)35(20-25-14-17-27(32)28(33)18-25)30(37)21-36(41(4,39)40)26-15-12-23(6-2)13-16-26/h7-18,22,29H,5-6,19-21H2,1-4H3,(H,34,38)/t22-,29+/m1/s1. The first-order chi connectivity index (χ1) is 19.4. The van der Waals surface area contributed by atoms with Gasteiger partial charge in [-0.2, -0.15) is 0 Å². The molecule has 0 unspecified atom stereocenters. The summed E-state index contributed by atoms with van der Waals surface area (Å²) in [7, 11) is -3.83. The Balaban J connectivity index is 2.07. The molecule has 0 radical (unpaired) electrons. The number of rotatable bonds is 13. The van der Waals surface area contributed by atoms with Crippen LogP contribution < -0.4 is 9.62 Å². The molecule has 1 N–H and O–H groups in total. The van der Waals surface area contributed by atoms with Crippen LogP contribution in [-0.4, -0.2) is 50.0 Å². The average Bonchev–Trinajstić information content (AvgIpc) is 2.95. The van der Waals surface area contributed by atoms with Crippen molar-refractivity contribution in [1.29, 1.82) is 0 Å². The molecule has 41 heavy (non-hydrogen) atoms. The van der Waals surface area contributed by atoms with Crippen molar-refractivity contribution in [2.24, 2.45) is 0 Å². The number of halogens is 2. The Morgan fingerprint density at radius 3 is 2.07 bits per heavy atom. The molecule has 0 heterocycles. The third kappa shape index (κ3) is 9.21. The predicted molar refractivity (Wildman–Crippen MR) is 167 cm³/mol. The second-order valence-corrected chi connectivity index (χ2v) is 12.8. The number of anilines is 1. The second-order valence-electron chi connectivity index (χ2n) is 10.1. The molecule has 0 aromatic heterocycles. The molecule has 3 aromatic rings. The number of nitrogens with zero attached hydrogens (tertiary/aromatic N) is 2. The van der Waals surface area contributed by atoms with Gasteiger partial charge in [0.2, 0.25) is 21.8 Å². The highest BCUT2D eigenvalue weighted by Gasteiger charge is 2.33. The Morgan fingerprint density at radius 2 is 1.51 bits per heavy atom. The summed E-state index contributed by atoms with van der Waals surface area (Å²) >= 11 is 12.4. The van der Waals surface area contributed by atoms with Crippen molar-refractivity contribution in [3.8, 4) is 0 Å². The minimum absolute atomic E-state index is 0.0214. The molecule has 0 fully saturated rings. The van der Waals surface area contributed by atoms with E-state index in [0.717, 1.165) is 28.1 Å². The molecule has 10 heteroatoms. The molecular weight excluding hydrogens is 581 g/mol. The molecule has 3 rings (SSSR count). The van der Waals surface area contributed by atoms with Crippen LogP contribution in [0.2, 0.25) is 10.0 Å². The van der Waals surface area contributed by atoms with Gasteiger partial charge >= 0.3 is 0 Å². The first kappa shape index (κ1) is 32.4. The second kappa shape index (κ2) is 14.7. The topological polar surface area (TPSA) is 86.8 Å². The minimum Gasteiger partial charge on any atom is -0.352 e. The number of sulfonamides is 1. The summed E-state index contributed by atoms with van der Waals surface area (Å²) in [5.74, 6) is -0.851. The van der Waals surface area contributed by atoms with E-state index in [1.54, 1.807) is 30.3 Å². The molecule has 0 saturated heterocycles. The van der Waals surface area contributed by atoms with E-state index in [-0.39, 0.29) is 24.9 Å². The van der Waals surface area contributed by atoms with Crippen LogP contribution in [-0.2, 0) is 39.0 Å². The van der Waals surface area contributed by atoms with Crippen LogP contribution in [0.4, 0.5) is 5.69 Å². The van der Waals surface area contributed by atoms with Crippen molar-refractivity contribution in [1.82, 2.24) is 10.2 Å². The maximum Gasteiger partial charge on any atom is 0.244 e. The Labute approximate surface area is 253 Å². The monoisotopic (exact) mass is 617 g/mol. The van der Waals surface area contributed by atoms with Gasteiger partial charge < -0.3 is 10.2 Å². The van der Waals surface area contributed by atoms with Crippen LogP contribution in [0.3, 0.4) is 0 Å². The van der Waals surface area contributed by atoms with Gasteiger partial charge in [-0.05, 0) is 60.7 Å². The molecule has 0 bridgehead atoms. The van der Waals surface area contributed by atoms with E-state index >= 15 is 0 Å². The zero-order chi connectivity index (χ0) is 30.2. The molecule has 0 aliphatic rings. The van der Waals surface area contributed by atoms with Crippen LogP contribution in [0.15, 0.2) is 72.8 Å². The van der Waals surface area contributed by atoms with E-state index in [0.29, 0.717) is 27.7 Å². The first-order valence-electron chi connectivity index (χ1n) is 13.6. The van der Waals surface area contributed by atoms with Gasteiger partial charge in [-0.3, -0.25) is 13.9 Å². The van der Waals surface area contributed by atoms with Crippen molar-refractivity contribution in [3.05, 3.63) is 99.5 Å². The largest absolute Gasteiger partial charge is 0.352 e. The lowest BCUT2D eigenvalue weighted by Crippen LogP contribution is -2.54. The lowest BCUT2D eigenvalue weighted by atomic mass is 10.0. The third-order valence-electron chi connectivity index (χ3n) is 6.92. The fourth-order valence-electron chi connectivity index (χ4n) is 4.34. The summed E-state index contributed by atoms with van der Waals surface area (Å²) in [6, 6.07) is 20.4. The molecular formula is C31H37Cl2N3O4S. The Kier molecular flexibility index (Phi) is 11.6. The van der Waals surface area contributed by atoms with Crippen LogP contribution in [0, 0.1) is 0 Å². The minimum atomic E-state index is -3.83. The number of hydrogen-bond acceptors (Lipinski definition) is 4. The van der Waals surface area contributed by atoms with Gasteiger partial charge in [0.15, 0.2) is 0 Å². The van der Waals surface area contributed by atoms with E-state index in [9.17, 15) is 18.0 Å². The van der Waals surface area contributed by atoms with E-state index in [4.69, 9.17) is 23.2 Å². The lowest BCUT2D eigenvalue weighted by molar-refractivity contribution is -0.140. The maximum atomic E-state index is 14.1. The van der Waals surface area contributed by atoms with Gasteiger partial charge in [0.05, 0.1) is 22.0 Å². The van der Waals surface area contributed by atoms with Gasteiger partial charge in [0.1, 0.15) is 12.6 Å². The van der Waals surface area contributed by atoms with Crippen molar-refractivity contribution in [2.75, 3.05) is 17.1 Å². The highest BCUT2D eigenvalue weighted by molar-refractivity contribution is 7.92. The van der Waals surface area contributed by atoms with Crippen LogP contribution >= 0.6 is 23.2 Å². The number of nitrogens with one attached hydrogen (secondary N) is 1. The maximum absolute atomic E-state index is 14.1. The number of aryl methyl sites for hydroxylation is 1. The van der Waals surface area contributed by atoms with Gasteiger partial charge in [-0.1, -0.05) is 85.6 Å². The van der Waals surface area contributed by atoms with Gasteiger partial charge in [-0.25, -0.2) is 8.42 Å². The fourth-order valence-corrected chi connectivity index (χ4v) is 5.51. The number of carbonyl (C=O) groups is 2. The highest BCUT2D eigenvalue weighted by Crippen LogP contribution is 2.25. The number of carbonyl (C=O) groups excluding carboxylic acids is 2. The Morgan fingerprint density at radius 1 is 0.878 bits per heavy atom. The Bertz CT molecular complexity index is 1430. The fraction of sp³-hybridized carbons (Fsp3) is 0.355. The molecule has 0 saturated carbocycles. The van der Waals surface area contributed by atoms with Gasteiger partial charge in [0.25, 0.3) is 0 Å². The van der Waals surface area contributed by atoms with Crippen molar-refractivity contribution >= 4 is 50.7 Å². The molecule has 220 valence electrons. The summed E-state index contributed by atoms with van der Waals surface area (Å²) in [4.78, 5) is 29.3. The molecule has 0 spiro atoms. The van der Waals surface area contributed by atoms with Crippen molar-refractivity contribution < 1.29 is 18.0 Å². The zero-order valence-corrected chi connectivity index (χ0v) is 26.1. The summed E-state index contributed by atoms with van der Waals surface area (Å²) in [5, 5.41) is 3.68. The highest BCUT2D eigenvalue weighted by atomic mass is 35.5. The summed E-state index contributed by atoms with van der Waals surface area (Å²) in [6.45, 7) is 5.41. The third-order valence-corrected chi connectivity index (χ3v) is 8.80. The molecule has 0 aliphatic heterocycles. The van der Waals surface area contributed by atoms with E-state index in [1.165, 1.54) is 4.90 Å². The zero-order valence-electron chi connectivity index (χ0n) is 23.8.